The molecule has 7 aromatic rings. The maximum Gasteiger partial charge on any atom is 0.0549 e. The van der Waals surface area contributed by atoms with Crippen LogP contribution >= 0.6 is 0 Å². The number of rotatable bonds is 3. The summed E-state index contributed by atoms with van der Waals surface area (Å²) in [5.74, 6) is 0. The number of hydrogen-bond donors (Lipinski definition) is 0. The molecule has 1 nitrogen and oxygen atoms in total. The van der Waals surface area contributed by atoms with E-state index in [1.54, 1.807) is 0 Å². The highest BCUT2D eigenvalue weighted by Gasteiger charge is 2.22. The second-order valence-electron chi connectivity index (χ2n) is 9.48. The van der Waals surface area contributed by atoms with Crippen LogP contribution in [0.4, 0.5) is 17.1 Å². The van der Waals surface area contributed by atoms with E-state index in [2.05, 4.69) is 134 Å². The van der Waals surface area contributed by atoms with Crippen LogP contribution in [0.3, 0.4) is 0 Å². The summed E-state index contributed by atoms with van der Waals surface area (Å²) in [6, 6.07) is 41.9. The summed E-state index contributed by atoms with van der Waals surface area (Å²) in [6.07, 6.45) is 0. The van der Waals surface area contributed by atoms with Crippen molar-refractivity contribution in [3.8, 4) is 0 Å². The van der Waals surface area contributed by atoms with Gasteiger partial charge < -0.3 is 4.90 Å². The molecule has 1 heteroatoms. The lowest BCUT2D eigenvalue weighted by atomic mass is 9.85. The van der Waals surface area contributed by atoms with Gasteiger partial charge in [0.1, 0.15) is 0 Å². The largest absolute Gasteiger partial charge is 0.310 e. The van der Waals surface area contributed by atoms with E-state index in [-0.39, 0.29) is 0 Å². The van der Waals surface area contributed by atoms with Crippen molar-refractivity contribution >= 4 is 60.2 Å². The second-order valence-corrected chi connectivity index (χ2v) is 9.48. The monoisotopic (exact) mass is 447 g/mol. The van der Waals surface area contributed by atoms with Crippen molar-refractivity contribution in [2.24, 2.45) is 0 Å². The minimum absolute atomic E-state index is 1.16. The van der Waals surface area contributed by atoms with E-state index in [0.29, 0.717) is 0 Å². The molecule has 0 amide bonds. The highest BCUT2D eigenvalue weighted by atomic mass is 15.1. The molecule has 166 valence electrons. The third-order valence-corrected chi connectivity index (χ3v) is 7.41. The summed E-state index contributed by atoms with van der Waals surface area (Å²) in [5.41, 5.74) is 6.17. The number of hydrogen-bond acceptors (Lipinski definition) is 1. The summed E-state index contributed by atoms with van der Waals surface area (Å²) in [5, 5.41) is 10.7. The molecule has 0 bridgehead atoms. The van der Waals surface area contributed by atoms with Gasteiger partial charge in [-0.15, -0.1) is 0 Å². The quantitative estimate of drug-likeness (QED) is 0.192. The normalized spacial score (nSPS) is 11.7. The number of para-hydroxylation sites is 2. The van der Waals surface area contributed by atoms with Gasteiger partial charge >= 0.3 is 0 Å². The summed E-state index contributed by atoms with van der Waals surface area (Å²) in [4.78, 5) is 2.41. The molecule has 0 saturated carbocycles. The summed E-state index contributed by atoms with van der Waals surface area (Å²) in [7, 11) is 0. The second kappa shape index (κ2) is 7.58. The van der Waals surface area contributed by atoms with Gasteiger partial charge in [-0.25, -0.2) is 0 Å². The van der Waals surface area contributed by atoms with Gasteiger partial charge in [-0.2, -0.15) is 0 Å². The van der Waals surface area contributed by atoms with Crippen LogP contribution in [0, 0.1) is 13.8 Å². The molecule has 7 aromatic carbocycles. The molecule has 0 fully saturated rings. The Bertz CT molecular complexity index is 1810. The van der Waals surface area contributed by atoms with Crippen LogP contribution in [0.25, 0.3) is 43.1 Å². The fourth-order valence-electron chi connectivity index (χ4n) is 5.89. The summed E-state index contributed by atoms with van der Waals surface area (Å²) >= 11 is 0. The van der Waals surface area contributed by atoms with E-state index in [0.717, 1.165) is 11.4 Å². The van der Waals surface area contributed by atoms with Gasteiger partial charge in [0.05, 0.1) is 5.69 Å². The van der Waals surface area contributed by atoms with Crippen LogP contribution in [0.5, 0.6) is 0 Å². The van der Waals surface area contributed by atoms with Crippen LogP contribution in [-0.4, -0.2) is 0 Å². The van der Waals surface area contributed by atoms with E-state index in [9.17, 15) is 0 Å². The highest BCUT2D eigenvalue weighted by molar-refractivity contribution is 6.37. The van der Waals surface area contributed by atoms with Gasteiger partial charge in [-0.05, 0) is 87.6 Å². The van der Waals surface area contributed by atoms with Gasteiger partial charge in [-0.1, -0.05) is 84.9 Å². The van der Waals surface area contributed by atoms with Crippen molar-refractivity contribution in [2.45, 2.75) is 13.8 Å². The van der Waals surface area contributed by atoms with Crippen LogP contribution in [-0.2, 0) is 0 Å². The average Bonchev–Trinajstić information content (AvgIpc) is 2.91. The van der Waals surface area contributed by atoms with E-state index >= 15 is 0 Å². The topological polar surface area (TPSA) is 3.24 Å². The molecule has 0 unspecified atom stereocenters. The fourth-order valence-corrected chi connectivity index (χ4v) is 5.89. The number of anilines is 3. The Labute approximate surface area is 205 Å². The SMILES string of the molecule is Cc1cc(N(c2ccccc2)c2ccccc2)c2c3ccccc3c3c(C)ccc4ccc1c2c43. The molecular weight excluding hydrogens is 422 g/mol. The van der Waals surface area contributed by atoms with Gasteiger partial charge in [-0.3, -0.25) is 0 Å². The molecule has 35 heavy (non-hydrogen) atoms. The first-order chi connectivity index (χ1) is 17.2. The zero-order valence-corrected chi connectivity index (χ0v) is 19.9. The molecular formula is C34H25N. The van der Waals surface area contributed by atoms with Gasteiger partial charge in [0, 0.05) is 22.1 Å². The van der Waals surface area contributed by atoms with Crippen molar-refractivity contribution in [1.82, 2.24) is 0 Å². The van der Waals surface area contributed by atoms with Crippen molar-refractivity contribution in [3.63, 3.8) is 0 Å². The van der Waals surface area contributed by atoms with Crippen LogP contribution < -0.4 is 4.90 Å². The fraction of sp³-hybridized carbons (Fsp3) is 0.0588. The predicted octanol–water partition coefficient (Wildman–Crippen LogP) is 9.82. The van der Waals surface area contributed by atoms with Crippen molar-refractivity contribution in [2.75, 3.05) is 4.90 Å². The Morgan fingerprint density at radius 3 is 1.66 bits per heavy atom. The van der Waals surface area contributed by atoms with Crippen LogP contribution in [0.2, 0.25) is 0 Å². The molecule has 0 aliphatic heterocycles. The molecule has 0 aromatic heterocycles. The minimum Gasteiger partial charge on any atom is -0.310 e. The number of fused-ring (bicyclic) bond motifs is 3. The molecule has 0 heterocycles. The average molecular weight is 448 g/mol. The molecule has 0 aliphatic rings. The van der Waals surface area contributed by atoms with E-state index in [1.165, 1.54) is 59.9 Å². The Hall–Kier alpha value is -4.36. The first-order valence-corrected chi connectivity index (χ1v) is 12.2. The maximum atomic E-state index is 2.41. The number of benzene rings is 7. The van der Waals surface area contributed by atoms with Gasteiger partial charge in [0.2, 0.25) is 0 Å². The minimum atomic E-state index is 1.16. The van der Waals surface area contributed by atoms with Crippen molar-refractivity contribution in [1.29, 1.82) is 0 Å². The molecule has 0 aliphatic carbocycles. The lowest BCUT2D eigenvalue weighted by molar-refractivity contribution is 1.29. The molecule has 0 saturated heterocycles. The zero-order chi connectivity index (χ0) is 23.5. The molecule has 0 N–H and O–H groups in total. The van der Waals surface area contributed by atoms with Crippen molar-refractivity contribution < 1.29 is 0 Å². The number of nitrogens with zero attached hydrogens (tertiary/aromatic N) is 1. The molecule has 0 spiro atoms. The number of aryl methyl sites for hydroxylation is 2. The summed E-state index contributed by atoms with van der Waals surface area (Å²) < 4.78 is 0. The van der Waals surface area contributed by atoms with Crippen LogP contribution in [0.1, 0.15) is 11.1 Å². The standard InChI is InChI=1S/C34H25N/c1-22-17-18-24-19-20-27-23(2)21-30(33-29-16-10-9-15-28(29)31(22)32(24)34(27)33)35(25-11-5-3-6-12-25)26-13-7-4-8-14-26/h3-21H,1-2H3. The first-order valence-electron chi connectivity index (χ1n) is 12.2. The molecule has 0 atom stereocenters. The smallest absolute Gasteiger partial charge is 0.0549 e. The third-order valence-electron chi connectivity index (χ3n) is 7.41. The molecule has 0 radical (unpaired) electrons. The van der Waals surface area contributed by atoms with E-state index < -0.39 is 0 Å². The van der Waals surface area contributed by atoms with Gasteiger partial charge in [0.25, 0.3) is 0 Å². The lowest BCUT2D eigenvalue weighted by Crippen LogP contribution is -2.11. The molecule has 7 rings (SSSR count). The Morgan fingerprint density at radius 1 is 0.429 bits per heavy atom. The van der Waals surface area contributed by atoms with Gasteiger partial charge in [0.15, 0.2) is 0 Å². The Kier molecular flexibility index (Phi) is 4.34. The van der Waals surface area contributed by atoms with Crippen molar-refractivity contribution in [3.05, 3.63) is 126 Å². The maximum absolute atomic E-state index is 2.41. The predicted molar refractivity (Wildman–Crippen MR) is 152 cm³/mol. The third kappa shape index (κ3) is 2.88. The van der Waals surface area contributed by atoms with E-state index in [1.807, 2.05) is 0 Å². The lowest BCUT2D eigenvalue weighted by Gasteiger charge is -2.29. The highest BCUT2D eigenvalue weighted by Crippen LogP contribution is 2.49. The zero-order valence-electron chi connectivity index (χ0n) is 19.9. The summed E-state index contributed by atoms with van der Waals surface area (Å²) in [6.45, 7) is 4.49. The first kappa shape index (κ1) is 20.1. The van der Waals surface area contributed by atoms with E-state index in [4.69, 9.17) is 0 Å². The Balaban J connectivity index is 1.75. The Morgan fingerprint density at radius 2 is 1.00 bits per heavy atom. The van der Waals surface area contributed by atoms with Crippen LogP contribution in [0.15, 0.2) is 115 Å².